The van der Waals surface area contributed by atoms with Crippen molar-refractivity contribution >= 4 is 28.5 Å². The van der Waals surface area contributed by atoms with Gasteiger partial charge in [-0.2, -0.15) is 0 Å². The molecule has 0 radical (unpaired) electrons. The highest BCUT2D eigenvalue weighted by atomic mass is 16.7. The fourth-order valence-corrected chi connectivity index (χ4v) is 4.06. The van der Waals surface area contributed by atoms with E-state index in [1.54, 1.807) is 6.92 Å². The molecule has 29 heavy (non-hydrogen) atoms. The normalized spacial score (nSPS) is 20.1. The minimum Gasteiger partial charge on any atom is -0.461 e. The van der Waals surface area contributed by atoms with Crippen LogP contribution < -0.4 is 5.32 Å². The van der Waals surface area contributed by atoms with Gasteiger partial charge in [-0.1, -0.05) is 18.2 Å². The van der Waals surface area contributed by atoms with Crippen molar-refractivity contribution in [1.29, 1.82) is 0 Å². The summed E-state index contributed by atoms with van der Waals surface area (Å²) in [6.07, 6.45) is 1.48. The SMILES string of the molecule is CCOC(=O)c1[nH]c2ccccc2c1NC(=O)[C@H](C)N1CCC2(CC1)OCCO2. The summed E-state index contributed by atoms with van der Waals surface area (Å²) < 4.78 is 16.7. The van der Waals surface area contributed by atoms with Crippen molar-refractivity contribution in [3.8, 4) is 0 Å². The number of likely N-dealkylation sites (tertiary alicyclic amines) is 1. The first-order chi connectivity index (χ1) is 14.0. The van der Waals surface area contributed by atoms with Gasteiger partial charge in [-0.3, -0.25) is 9.69 Å². The number of fused-ring (bicyclic) bond motifs is 1. The van der Waals surface area contributed by atoms with Crippen molar-refractivity contribution in [1.82, 2.24) is 9.88 Å². The third-order valence-electron chi connectivity index (χ3n) is 5.73. The number of hydrogen-bond donors (Lipinski definition) is 2. The van der Waals surface area contributed by atoms with Crippen molar-refractivity contribution in [3.05, 3.63) is 30.0 Å². The molecule has 3 heterocycles. The van der Waals surface area contributed by atoms with Gasteiger partial charge < -0.3 is 24.5 Å². The zero-order valence-electron chi connectivity index (χ0n) is 16.8. The Balaban J connectivity index is 1.49. The molecule has 1 spiro atoms. The second kappa shape index (κ2) is 8.14. The number of ether oxygens (including phenoxy) is 3. The monoisotopic (exact) mass is 401 g/mol. The standard InChI is InChI=1S/C21H27N3O5/c1-3-27-20(26)18-17(15-6-4-5-7-16(15)22-18)23-19(25)14(2)24-10-8-21(9-11-24)28-12-13-29-21/h4-7,14,22H,3,8-13H2,1-2H3,(H,23,25)/t14-/m0/s1. The van der Waals surface area contributed by atoms with Gasteiger partial charge in [0.2, 0.25) is 5.91 Å². The number of benzene rings is 1. The van der Waals surface area contributed by atoms with Gasteiger partial charge in [0.15, 0.2) is 5.79 Å². The summed E-state index contributed by atoms with van der Waals surface area (Å²) in [6, 6.07) is 7.13. The number of aromatic amines is 1. The highest BCUT2D eigenvalue weighted by molar-refractivity contribution is 6.11. The van der Waals surface area contributed by atoms with Crippen LogP contribution in [-0.2, 0) is 19.0 Å². The van der Waals surface area contributed by atoms with E-state index < -0.39 is 11.8 Å². The molecule has 4 rings (SSSR count). The first-order valence-electron chi connectivity index (χ1n) is 10.1. The number of amides is 1. The second-order valence-corrected chi connectivity index (χ2v) is 7.45. The molecule has 2 saturated heterocycles. The highest BCUT2D eigenvalue weighted by Crippen LogP contribution is 2.33. The molecule has 1 aromatic heterocycles. The molecule has 1 amide bonds. The van der Waals surface area contributed by atoms with Crippen LogP contribution in [0.5, 0.6) is 0 Å². The summed E-state index contributed by atoms with van der Waals surface area (Å²) in [6.45, 7) is 6.59. The second-order valence-electron chi connectivity index (χ2n) is 7.45. The van der Waals surface area contributed by atoms with Crippen LogP contribution in [0, 0.1) is 0 Å². The highest BCUT2D eigenvalue weighted by Gasteiger charge is 2.41. The van der Waals surface area contributed by atoms with Crippen LogP contribution in [0.2, 0.25) is 0 Å². The number of nitrogens with one attached hydrogen (secondary N) is 2. The zero-order valence-corrected chi connectivity index (χ0v) is 16.8. The molecule has 0 unspecified atom stereocenters. The van der Waals surface area contributed by atoms with Gasteiger partial charge in [0.05, 0.1) is 31.5 Å². The molecular formula is C21H27N3O5. The molecule has 0 aliphatic carbocycles. The van der Waals surface area contributed by atoms with Crippen LogP contribution in [0.15, 0.2) is 24.3 Å². The molecule has 0 bridgehead atoms. The fraction of sp³-hybridized carbons (Fsp3) is 0.524. The molecule has 156 valence electrons. The Hall–Kier alpha value is -2.42. The van der Waals surface area contributed by atoms with E-state index in [0.717, 1.165) is 23.7 Å². The van der Waals surface area contributed by atoms with E-state index in [-0.39, 0.29) is 24.2 Å². The predicted octanol–water partition coefficient (Wildman–Crippen LogP) is 2.51. The van der Waals surface area contributed by atoms with E-state index in [4.69, 9.17) is 14.2 Å². The van der Waals surface area contributed by atoms with Crippen molar-refractivity contribution in [2.24, 2.45) is 0 Å². The summed E-state index contributed by atoms with van der Waals surface area (Å²) in [7, 11) is 0. The topological polar surface area (TPSA) is 92.9 Å². The Bertz CT molecular complexity index is 893. The maximum absolute atomic E-state index is 13.0. The number of para-hydroxylation sites is 1. The largest absolute Gasteiger partial charge is 0.461 e. The molecule has 2 aromatic rings. The van der Waals surface area contributed by atoms with Gasteiger partial charge in [-0.15, -0.1) is 0 Å². The summed E-state index contributed by atoms with van der Waals surface area (Å²) in [5.41, 5.74) is 1.50. The number of nitrogens with zero attached hydrogens (tertiary/aromatic N) is 1. The third kappa shape index (κ3) is 3.88. The number of piperidine rings is 1. The Morgan fingerprint density at radius 2 is 1.93 bits per heavy atom. The number of rotatable bonds is 5. The molecular weight excluding hydrogens is 374 g/mol. The van der Waals surface area contributed by atoms with Gasteiger partial charge in [-0.25, -0.2) is 4.79 Å². The van der Waals surface area contributed by atoms with Gasteiger partial charge in [-0.05, 0) is 19.9 Å². The summed E-state index contributed by atoms with van der Waals surface area (Å²) in [4.78, 5) is 30.6. The van der Waals surface area contributed by atoms with Gasteiger partial charge in [0.1, 0.15) is 5.69 Å². The zero-order chi connectivity index (χ0) is 20.4. The summed E-state index contributed by atoms with van der Waals surface area (Å²) >= 11 is 0. The van der Waals surface area contributed by atoms with Gasteiger partial charge in [0.25, 0.3) is 0 Å². The minimum absolute atomic E-state index is 0.162. The maximum Gasteiger partial charge on any atom is 0.356 e. The van der Waals surface area contributed by atoms with E-state index >= 15 is 0 Å². The number of H-pyrrole nitrogens is 1. The molecule has 2 aliphatic rings. The van der Waals surface area contributed by atoms with Crippen LogP contribution in [-0.4, -0.2) is 66.5 Å². The molecule has 2 aliphatic heterocycles. The predicted molar refractivity (Wildman–Crippen MR) is 108 cm³/mol. The lowest BCUT2D eigenvalue weighted by atomic mass is 10.0. The molecule has 1 aromatic carbocycles. The smallest absolute Gasteiger partial charge is 0.356 e. The van der Waals surface area contributed by atoms with Gasteiger partial charge >= 0.3 is 5.97 Å². The molecule has 0 saturated carbocycles. The van der Waals surface area contributed by atoms with E-state index in [9.17, 15) is 9.59 Å². The lowest BCUT2D eigenvalue weighted by molar-refractivity contribution is -0.187. The number of carbonyl (C=O) groups is 2. The Kier molecular flexibility index (Phi) is 5.58. The maximum atomic E-state index is 13.0. The molecule has 8 heteroatoms. The first-order valence-corrected chi connectivity index (χ1v) is 10.1. The lowest BCUT2D eigenvalue weighted by Crippen LogP contribution is -2.51. The Morgan fingerprint density at radius 1 is 1.24 bits per heavy atom. The number of hydrogen-bond acceptors (Lipinski definition) is 6. The minimum atomic E-state index is -0.484. The first kappa shape index (κ1) is 19.9. The van der Waals surface area contributed by atoms with Gasteiger partial charge in [0, 0.05) is 36.8 Å². The third-order valence-corrected chi connectivity index (χ3v) is 5.73. The average molecular weight is 401 g/mol. The fourth-order valence-electron chi connectivity index (χ4n) is 4.06. The lowest BCUT2D eigenvalue weighted by Gasteiger charge is -2.39. The molecule has 2 fully saturated rings. The van der Waals surface area contributed by atoms with E-state index in [0.29, 0.717) is 32.0 Å². The van der Waals surface area contributed by atoms with Crippen LogP contribution in [0.3, 0.4) is 0 Å². The summed E-state index contributed by atoms with van der Waals surface area (Å²) in [5.74, 6) is -1.12. The molecule has 1 atom stereocenters. The van der Waals surface area contributed by atoms with E-state index in [2.05, 4.69) is 15.2 Å². The number of carbonyl (C=O) groups excluding carboxylic acids is 2. The van der Waals surface area contributed by atoms with Crippen molar-refractivity contribution in [2.75, 3.05) is 38.2 Å². The quantitative estimate of drug-likeness (QED) is 0.748. The van der Waals surface area contributed by atoms with Crippen LogP contribution >= 0.6 is 0 Å². The number of esters is 1. The van der Waals surface area contributed by atoms with E-state index in [1.807, 2.05) is 31.2 Å². The number of aromatic nitrogens is 1. The van der Waals surface area contributed by atoms with Crippen molar-refractivity contribution in [2.45, 2.75) is 38.5 Å². The summed E-state index contributed by atoms with van der Waals surface area (Å²) in [5, 5.41) is 3.73. The van der Waals surface area contributed by atoms with Crippen molar-refractivity contribution < 1.29 is 23.8 Å². The van der Waals surface area contributed by atoms with Crippen LogP contribution in [0.25, 0.3) is 10.9 Å². The van der Waals surface area contributed by atoms with E-state index in [1.165, 1.54) is 0 Å². The number of anilines is 1. The Morgan fingerprint density at radius 3 is 2.62 bits per heavy atom. The average Bonchev–Trinajstić information content (AvgIpc) is 3.33. The van der Waals surface area contributed by atoms with Crippen LogP contribution in [0.4, 0.5) is 5.69 Å². The molecule has 2 N–H and O–H groups in total. The Labute approximate surface area is 169 Å². The van der Waals surface area contributed by atoms with Crippen LogP contribution in [0.1, 0.15) is 37.2 Å². The van der Waals surface area contributed by atoms with Crippen molar-refractivity contribution in [3.63, 3.8) is 0 Å². The molecule has 8 nitrogen and oxygen atoms in total.